The van der Waals surface area contributed by atoms with Crippen molar-refractivity contribution in [1.29, 1.82) is 0 Å². The van der Waals surface area contributed by atoms with Gasteiger partial charge in [-0.25, -0.2) is 0 Å². The highest BCUT2D eigenvalue weighted by atomic mass is 35.5. The number of phenolic OH excluding ortho intramolecular Hbond substituents is 1. The van der Waals surface area contributed by atoms with E-state index in [1.807, 2.05) is 47.4 Å². The van der Waals surface area contributed by atoms with E-state index >= 15 is 0 Å². The van der Waals surface area contributed by atoms with E-state index in [4.69, 9.17) is 25.8 Å². The van der Waals surface area contributed by atoms with Crippen LogP contribution in [-0.4, -0.2) is 74.4 Å². The smallest absolute Gasteiger partial charge is 0.246 e. The van der Waals surface area contributed by atoms with E-state index in [-0.39, 0.29) is 23.2 Å². The number of halogens is 1. The Morgan fingerprint density at radius 1 is 0.949 bits per heavy atom. The second kappa shape index (κ2) is 13.0. The van der Waals surface area contributed by atoms with Crippen LogP contribution in [0.3, 0.4) is 0 Å². The van der Waals surface area contributed by atoms with Gasteiger partial charge in [0.25, 0.3) is 0 Å². The number of carbonyl (C=O) groups excluding carboxylic acids is 1. The molecule has 39 heavy (non-hydrogen) atoms. The summed E-state index contributed by atoms with van der Waals surface area (Å²) in [5, 5.41) is 10.8. The molecule has 1 saturated heterocycles. The molecular formula is C31H35ClN2O5. The number of rotatable bonds is 10. The van der Waals surface area contributed by atoms with Crippen LogP contribution in [0, 0.1) is 0 Å². The number of hydrogen-bond donors (Lipinski definition) is 1. The fourth-order valence-electron chi connectivity index (χ4n) is 4.71. The van der Waals surface area contributed by atoms with Crippen LogP contribution in [0.25, 0.3) is 6.08 Å². The van der Waals surface area contributed by atoms with Crippen molar-refractivity contribution in [3.05, 3.63) is 94.5 Å². The zero-order valence-corrected chi connectivity index (χ0v) is 23.4. The molecule has 1 aliphatic rings. The molecule has 0 saturated carbocycles. The van der Waals surface area contributed by atoms with Crippen molar-refractivity contribution in [1.82, 2.24) is 9.80 Å². The molecule has 206 valence electrons. The Hall–Kier alpha value is -3.52. The number of methoxy groups -OCH3 is 2. The largest absolute Gasteiger partial charge is 0.502 e. The van der Waals surface area contributed by atoms with Gasteiger partial charge in [-0.3, -0.25) is 9.69 Å². The Morgan fingerprint density at radius 3 is 2.13 bits per heavy atom. The normalized spacial score (nSPS) is 15.7. The first-order valence-corrected chi connectivity index (χ1v) is 13.3. The highest BCUT2D eigenvalue weighted by molar-refractivity contribution is 6.30. The van der Waals surface area contributed by atoms with Crippen molar-refractivity contribution in [3.8, 4) is 17.2 Å². The average molecular weight is 551 g/mol. The third kappa shape index (κ3) is 6.92. The number of piperazine rings is 1. The molecule has 4 rings (SSSR count). The van der Waals surface area contributed by atoms with E-state index < -0.39 is 5.60 Å². The van der Waals surface area contributed by atoms with Gasteiger partial charge in [-0.2, -0.15) is 0 Å². The topological polar surface area (TPSA) is 71.5 Å². The van der Waals surface area contributed by atoms with Gasteiger partial charge < -0.3 is 24.2 Å². The van der Waals surface area contributed by atoms with Gasteiger partial charge in [0.15, 0.2) is 11.5 Å². The molecule has 0 aliphatic carbocycles. The highest BCUT2D eigenvalue weighted by Gasteiger charge is 2.30. The van der Waals surface area contributed by atoms with E-state index in [9.17, 15) is 9.90 Å². The molecule has 1 fully saturated rings. The van der Waals surface area contributed by atoms with Gasteiger partial charge in [0.1, 0.15) is 5.60 Å². The molecular weight excluding hydrogens is 516 g/mol. The Balaban J connectivity index is 1.31. The molecule has 1 atom stereocenters. The lowest BCUT2D eigenvalue weighted by atomic mass is 9.88. The fraction of sp³-hybridized carbons (Fsp3) is 0.323. The molecule has 1 N–H and O–H groups in total. The fourth-order valence-corrected chi connectivity index (χ4v) is 4.84. The third-order valence-corrected chi connectivity index (χ3v) is 7.37. The molecule has 8 heteroatoms. The molecule has 1 amide bonds. The van der Waals surface area contributed by atoms with Crippen molar-refractivity contribution < 1.29 is 24.1 Å². The molecule has 3 aromatic carbocycles. The predicted octanol–water partition coefficient (Wildman–Crippen LogP) is 5.20. The monoisotopic (exact) mass is 550 g/mol. The van der Waals surface area contributed by atoms with Crippen LogP contribution in [0.4, 0.5) is 0 Å². The molecule has 0 spiro atoms. The van der Waals surface area contributed by atoms with E-state index in [1.165, 1.54) is 14.2 Å². The molecule has 1 aliphatic heterocycles. The molecule has 7 nitrogen and oxygen atoms in total. The number of carbonyl (C=O) groups is 1. The third-order valence-electron chi connectivity index (χ3n) is 7.12. The molecule has 3 aromatic rings. The number of nitrogens with zero attached hydrogens (tertiary/aromatic N) is 2. The van der Waals surface area contributed by atoms with Gasteiger partial charge in [-0.05, 0) is 54.0 Å². The van der Waals surface area contributed by atoms with Gasteiger partial charge in [0, 0.05) is 43.8 Å². The van der Waals surface area contributed by atoms with Crippen molar-refractivity contribution in [2.75, 3.05) is 53.6 Å². The Morgan fingerprint density at radius 2 is 1.54 bits per heavy atom. The summed E-state index contributed by atoms with van der Waals surface area (Å²) in [6.45, 7) is 6.22. The van der Waals surface area contributed by atoms with Gasteiger partial charge >= 0.3 is 0 Å². The zero-order chi connectivity index (χ0) is 27.8. The number of aromatic hydroxyl groups is 1. The van der Waals surface area contributed by atoms with Crippen molar-refractivity contribution in [3.63, 3.8) is 0 Å². The summed E-state index contributed by atoms with van der Waals surface area (Å²) in [5.74, 6) is 0.450. The quantitative estimate of drug-likeness (QED) is 0.350. The number of ether oxygens (including phenoxy) is 3. The second-order valence-electron chi connectivity index (χ2n) is 9.53. The first-order chi connectivity index (χ1) is 18.8. The summed E-state index contributed by atoms with van der Waals surface area (Å²) in [6.07, 6.45) is 3.25. The molecule has 1 unspecified atom stereocenters. The van der Waals surface area contributed by atoms with Crippen LogP contribution in [-0.2, 0) is 15.1 Å². The van der Waals surface area contributed by atoms with Crippen LogP contribution in [0.15, 0.2) is 72.8 Å². The number of phenols is 1. The summed E-state index contributed by atoms with van der Waals surface area (Å²) < 4.78 is 16.9. The molecule has 0 radical (unpaired) electrons. The minimum absolute atomic E-state index is 0.0590. The maximum absolute atomic E-state index is 12.8. The molecule has 1 heterocycles. The van der Waals surface area contributed by atoms with E-state index in [0.717, 1.165) is 30.8 Å². The van der Waals surface area contributed by atoms with Crippen LogP contribution in [0.2, 0.25) is 5.02 Å². The molecule has 0 aromatic heterocycles. The minimum atomic E-state index is -0.603. The molecule has 0 bridgehead atoms. The number of benzene rings is 3. The van der Waals surface area contributed by atoms with Crippen LogP contribution < -0.4 is 9.47 Å². The van der Waals surface area contributed by atoms with E-state index in [2.05, 4.69) is 24.0 Å². The summed E-state index contributed by atoms with van der Waals surface area (Å²) in [6, 6.07) is 21.3. The minimum Gasteiger partial charge on any atom is -0.502 e. The predicted molar refractivity (Wildman–Crippen MR) is 154 cm³/mol. The Labute approximate surface area is 235 Å². The van der Waals surface area contributed by atoms with Gasteiger partial charge in [0.2, 0.25) is 11.7 Å². The second-order valence-corrected chi connectivity index (χ2v) is 9.97. The van der Waals surface area contributed by atoms with Crippen LogP contribution in [0.1, 0.15) is 23.6 Å². The number of hydrogen-bond acceptors (Lipinski definition) is 6. The van der Waals surface area contributed by atoms with Gasteiger partial charge in [-0.1, -0.05) is 54.1 Å². The van der Waals surface area contributed by atoms with Crippen molar-refractivity contribution >= 4 is 23.6 Å². The van der Waals surface area contributed by atoms with Gasteiger partial charge in [0.05, 0.1) is 20.8 Å². The zero-order valence-electron chi connectivity index (χ0n) is 22.6. The van der Waals surface area contributed by atoms with Crippen molar-refractivity contribution in [2.24, 2.45) is 0 Å². The lowest BCUT2D eigenvalue weighted by molar-refractivity contribution is -0.127. The maximum atomic E-state index is 12.8. The highest BCUT2D eigenvalue weighted by Crippen LogP contribution is 2.37. The summed E-state index contributed by atoms with van der Waals surface area (Å²) in [4.78, 5) is 17.0. The maximum Gasteiger partial charge on any atom is 0.246 e. The van der Waals surface area contributed by atoms with Gasteiger partial charge in [-0.15, -0.1) is 0 Å². The summed E-state index contributed by atoms with van der Waals surface area (Å²) in [5.41, 5.74) is 2.23. The first-order valence-electron chi connectivity index (χ1n) is 12.9. The lowest BCUT2D eigenvalue weighted by Crippen LogP contribution is -2.49. The Bertz CT molecular complexity index is 1250. The SMILES string of the molecule is COc1cc(C=CC(=O)N2CCN(CCOC(C)(c3ccccc3)c3ccc(Cl)cc3)CC2)cc(OC)c1O. The average Bonchev–Trinajstić information content (AvgIpc) is 2.97. The van der Waals surface area contributed by atoms with Crippen molar-refractivity contribution in [2.45, 2.75) is 12.5 Å². The van der Waals surface area contributed by atoms with E-state index in [1.54, 1.807) is 24.3 Å². The summed E-state index contributed by atoms with van der Waals surface area (Å²) >= 11 is 6.13. The van der Waals surface area contributed by atoms with E-state index in [0.29, 0.717) is 30.3 Å². The van der Waals surface area contributed by atoms with Crippen LogP contribution >= 0.6 is 11.6 Å². The van der Waals surface area contributed by atoms with Crippen LogP contribution in [0.5, 0.6) is 17.2 Å². The lowest BCUT2D eigenvalue weighted by Gasteiger charge is -2.36. The number of amides is 1. The summed E-state index contributed by atoms with van der Waals surface area (Å²) in [7, 11) is 2.94. The Kier molecular flexibility index (Phi) is 9.51. The standard InChI is InChI=1S/C31H35ClN2O5/c1-31(24-7-5-4-6-8-24,25-10-12-26(32)13-11-25)39-20-19-33-15-17-34(18-16-33)29(35)14-9-23-21-27(37-2)30(36)28(22-23)38-3/h4-14,21-22,36H,15-20H2,1-3H3. The first kappa shape index (κ1) is 28.5.